The fourth-order valence-electron chi connectivity index (χ4n) is 3.62. The highest BCUT2D eigenvalue weighted by Crippen LogP contribution is 2.32. The van der Waals surface area contributed by atoms with Crippen molar-refractivity contribution >= 4 is 38.7 Å². The van der Waals surface area contributed by atoms with E-state index < -0.39 is 21.7 Å². The number of hydrogen-bond donors (Lipinski definition) is 1. The highest BCUT2D eigenvalue weighted by Gasteiger charge is 2.33. The summed E-state index contributed by atoms with van der Waals surface area (Å²) < 4.78 is 40.9. The number of ketones is 1. The number of benzene rings is 2. The lowest BCUT2D eigenvalue weighted by atomic mass is 10.0. The van der Waals surface area contributed by atoms with Crippen LogP contribution in [-0.2, 0) is 10.0 Å². The highest BCUT2D eigenvalue weighted by atomic mass is 32.2. The van der Waals surface area contributed by atoms with E-state index in [0.29, 0.717) is 29.2 Å². The number of nitrogens with one attached hydrogen (secondary N) is 1. The van der Waals surface area contributed by atoms with E-state index in [1.165, 1.54) is 53.7 Å². The summed E-state index contributed by atoms with van der Waals surface area (Å²) in [5, 5.41) is 11.3. The summed E-state index contributed by atoms with van der Waals surface area (Å²) in [5.41, 5.74) is 0.755. The van der Waals surface area contributed by atoms with Gasteiger partial charge in [0.15, 0.2) is 5.78 Å². The molecule has 4 rings (SSSR count). The second kappa shape index (κ2) is 9.46. The number of anilines is 1. The lowest BCUT2D eigenvalue weighted by Crippen LogP contribution is -2.39. The molecule has 0 spiro atoms. The quantitative estimate of drug-likeness (QED) is 0.530. The summed E-state index contributed by atoms with van der Waals surface area (Å²) in [6, 6.07) is 11.4. The largest absolute Gasteiger partial charge is 0.320 e. The average Bonchev–Trinajstić information content (AvgIpc) is 3.30. The van der Waals surface area contributed by atoms with E-state index in [-0.39, 0.29) is 28.1 Å². The van der Waals surface area contributed by atoms with Crippen LogP contribution in [0.2, 0.25) is 0 Å². The lowest BCUT2D eigenvalue weighted by molar-refractivity contribution is 0.101. The van der Waals surface area contributed by atoms with Gasteiger partial charge in [-0.3, -0.25) is 9.59 Å². The molecule has 0 unspecified atom stereocenters. The highest BCUT2D eigenvalue weighted by molar-refractivity contribution is 7.89. The summed E-state index contributed by atoms with van der Waals surface area (Å²) in [5.74, 6) is -1.30. The first-order chi connectivity index (χ1) is 15.7. The van der Waals surface area contributed by atoms with E-state index >= 15 is 0 Å². The van der Waals surface area contributed by atoms with Gasteiger partial charge in [0.05, 0.1) is 4.90 Å². The van der Waals surface area contributed by atoms with Crippen LogP contribution in [0.1, 0.15) is 50.9 Å². The van der Waals surface area contributed by atoms with Crippen molar-refractivity contribution in [2.24, 2.45) is 0 Å². The zero-order valence-corrected chi connectivity index (χ0v) is 19.3. The van der Waals surface area contributed by atoms with Crippen molar-refractivity contribution in [3.8, 4) is 0 Å². The number of hydrogen-bond acceptors (Lipinski definition) is 7. The van der Waals surface area contributed by atoms with E-state index in [1.807, 2.05) is 0 Å². The first kappa shape index (κ1) is 23.1. The second-order valence-corrected chi connectivity index (χ2v) is 10.6. The predicted molar refractivity (Wildman–Crippen MR) is 121 cm³/mol. The fourth-order valence-corrected chi connectivity index (χ4v) is 6.00. The molecule has 2 aromatic carbocycles. The molecule has 2 heterocycles. The van der Waals surface area contributed by atoms with Gasteiger partial charge in [0, 0.05) is 30.3 Å². The molecular formula is C22H21FN4O4S2. The number of nitrogens with zero attached hydrogens (tertiary/aromatic N) is 3. The van der Waals surface area contributed by atoms with Crippen molar-refractivity contribution in [2.45, 2.75) is 30.6 Å². The Kier molecular flexibility index (Phi) is 6.63. The summed E-state index contributed by atoms with van der Waals surface area (Å²) in [4.78, 5) is 24.0. The molecular weight excluding hydrogens is 467 g/mol. The molecule has 1 aliphatic heterocycles. The molecule has 0 bridgehead atoms. The van der Waals surface area contributed by atoms with Crippen LogP contribution in [0, 0.1) is 5.82 Å². The fraction of sp³-hybridized carbons (Fsp3) is 0.273. The summed E-state index contributed by atoms with van der Waals surface area (Å²) in [7, 11) is -3.74. The minimum absolute atomic E-state index is 0.120. The van der Waals surface area contributed by atoms with Crippen LogP contribution in [0.25, 0.3) is 0 Å². The van der Waals surface area contributed by atoms with E-state index in [1.54, 1.807) is 6.07 Å². The molecule has 1 saturated heterocycles. The van der Waals surface area contributed by atoms with Gasteiger partial charge >= 0.3 is 0 Å². The van der Waals surface area contributed by atoms with Crippen molar-refractivity contribution in [3.05, 3.63) is 69.9 Å². The molecule has 33 heavy (non-hydrogen) atoms. The maximum atomic E-state index is 13.3. The Morgan fingerprint density at radius 1 is 1.15 bits per heavy atom. The van der Waals surface area contributed by atoms with Crippen LogP contribution in [-0.4, -0.2) is 47.7 Å². The summed E-state index contributed by atoms with van der Waals surface area (Å²) in [6.45, 7) is 2.02. The van der Waals surface area contributed by atoms with Crippen LogP contribution >= 0.6 is 11.3 Å². The molecule has 1 amide bonds. The van der Waals surface area contributed by atoms with Crippen molar-refractivity contribution in [1.29, 1.82) is 0 Å². The van der Waals surface area contributed by atoms with Crippen LogP contribution in [0.15, 0.2) is 53.4 Å². The van der Waals surface area contributed by atoms with Crippen LogP contribution < -0.4 is 5.32 Å². The standard InChI is InChI=1S/C22H21FN4O4S2/c1-14(28)15-7-9-19(10-8-15)33(30,31)27-11-3-4-16(13-27)21-25-26-22(32-21)20(29)24-18-6-2-5-17(23)12-18/h2,5-10,12,16H,3-4,11,13H2,1H3,(H,24,29)/t16-/m1/s1. The molecule has 1 aliphatic rings. The predicted octanol–water partition coefficient (Wildman–Crippen LogP) is 3.70. The Balaban J connectivity index is 1.47. The molecule has 3 aromatic rings. The smallest absolute Gasteiger partial charge is 0.286 e. The van der Waals surface area contributed by atoms with Gasteiger partial charge in [-0.05, 0) is 50.1 Å². The van der Waals surface area contributed by atoms with Crippen LogP contribution in [0.3, 0.4) is 0 Å². The Hall–Kier alpha value is -3.02. The number of carbonyl (C=O) groups excluding carboxylic acids is 2. The SMILES string of the molecule is CC(=O)c1ccc(S(=O)(=O)N2CCC[C@@H](c3nnc(C(=O)Nc4cccc(F)c4)s3)C2)cc1. The topological polar surface area (TPSA) is 109 Å². The molecule has 8 nitrogen and oxygen atoms in total. The molecule has 172 valence electrons. The van der Waals surface area contributed by atoms with Gasteiger partial charge in [0.25, 0.3) is 5.91 Å². The molecule has 1 aromatic heterocycles. The van der Waals surface area contributed by atoms with Crippen molar-refractivity contribution in [2.75, 3.05) is 18.4 Å². The lowest BCUT2D eigenvalue weighted by Gasteiger charge is -2.30. The zero-order chi connectivity index (χ0) is 23.6. The number of sulfonamides is 1. The van der Waals surface area contributed by atoms with Gasteiger partial charge in [-0.2, -0.15) is 4.31 Å². The zero-order valence-electron chi connectivity index (χ0n) is 17.7. The number of carbonyl (C=O) groups is 2. The van der Waals surface area contributed by atoms with E-state index in [9.17, 15) is 22.4 Å². The van der Waals surface area contributed by atoms with E-state index in [0.717, 1.165) is 17.8 Å². The van der Waals surface area contributed by atoms with Crippen molar-refractivity contribution in [3.63, 3.8) is 0 Å². The van der Waals surface area contributed by atoms with Gasteiger partial charge in [-0.25, -0.2) is 12.8 Å². The Morgan fingerprint density at radius 2 is 1.91 bits per heavy atom. The number of aromatic nitrogens is 2. The Labute approximate surface area is 194 Å². The molecule has 1 N–H and O–H groups in total. The van der Waals surface area contributed by atoms with Gasteiger partial charge in [0.1, 0.15) is 10.8 Å². The molecule has 1 atom stereocenters. The third-order valence-corrected chi connectivity index (χ3v) is 8.31. The summed E-state index contributed by atoms with van der Waals surface area (Å²) >= 11 is 1.10. The third-order valence-electron chi connectivity index (χ3n) is 5.35. The van der Waals surface area contributed by atoms with Gasteiger partial charge in [-0.15, -0.1) is 10.2 Å². The molecule has 0 aliphatic carbocycles. The monoisotopic (exact) mass is 488 g/mol. The van der Waals surface area contributed by atoms with Gasteiger partial charge in [0.2, 0.25) is 15.0 Å². The van der Waals surface area contributed by atoms with Crippen molar-refractivity contribution < 1.29 is 22.4 Å². The first-order valence-electron chi connectivity index (χ1n) is 10.3. The van der Waals surface area contributed by atoms with Crippen LogP contribution in [0.5, 0.6) is 0 Å². The number of piperidine rings is 1. The minimum Gasteiger partial charge on any atom is -0.320 e. The molecule has 1 fully saturated rings. The van der Waals surface area contributed by atoms with Crippen molar-refractivity contribution in [1.82, 2.24) is 14.5 Å². The minimum atomic E-state index is -3.74. The van der Waals surface area contributed by atoms with Crippen LogP contribution in [0.4, 0.5) is 10.1 Å². The second-order valence-electron chi connectivity index (χ2n) is 7.69. The number of Topliss-reactive ketones (excluding diaryl/α,β-unsaturated/α-hetero) is 1. The molecule has 0 radical (unpaired) electrons. The number of amides is 1. The maximum absolute atomic E-state index is 13.3. The number of rotatable bonds is 6. The van der Waals surface area contributed by atoms with E-state index in [4.69, 9.17) is 0 Å². The first-order valence-corrected chi connectivity index (χ1v) is 12.5. The normalized spacial score (nSPS) is 17.0. The number of halogens is 1. The third kappa shape index (κ3) is 5.15. The van der Waals surface area contributed by atoms with Gasteiger partial charge in [-0.1, -0.05) is 29.5 Å². The van der Waals surface area contributed by atoms with Gasteiger partial charge < -0.3 is 5.32 Å². The molecule has 11 heteroatoms. The Morgan fingerprint density at radius 3 is 2.61 bits per heavy atom. The maximum Gasteiger partial charge on any atom is 0.286 e. The summed E-state index contributed by atoms with van der Waals surface area (Å²) in [6.07, 6.45) is 1.36. The Bertz CT molecular complexity index is 1290. The molecule has 0 saturated carbocycles. The van der Waals surface area contributed by atoms with E-state index in [2.05, 4.69) is 15.5 Å². The average molecular weight is 489 g/mol.